The fraction of sp³-hybridized carbons (Fsp3) is 0.312. The summed E-state index contributed by atoms with van der Waals surface area (Å²) in [6.45, 7) is 2.83. The number of hydrogen-bond donors (Lipinski definition) is 1. The van der Waals surface area contributed by atoms with Crippen molar-refractivity contribution in [2.75, 3.05) is 12.4 Å². The molecule has 1 aromatic carbocycles. The van der Waals surface area contributed by atoms with Crippen molar-refractivity contribution in [2.45, 2.75) is 24.4 Å². The maximum Gasteiger partial charge on any atom is 0.119 e. The van der Waals surface area contributed by atoms with Gasteiger partial charge in [0.15, 0.2) is 0 Å². The summed E-state index contributed by atoms with van der Waals surface area (Å²) in [5.41, 5.74) is 7.30. The summed E-state index contributed by atoms with van der Waals surface area (Å²) in [4.78, 5) is 4.25. The van der Waals surface area contributed by atoms with Gasteiger partial charge in [-0.05, 0) is 36.2 Å². The van der Waals surface area contributed by atoms with Crippen LogP contribution in [0.15, 0.2) is 47.6 Å². The lowest BCUT2D eigenvalue weighted by Crippen LogP contribution is -2.13. The molecule has 0 radical (unpaired) electrons. The Hall–Kier alpha value is -1.23. The normalized spacial score (nSPS) is 12.1. The summed E-state index contributed by atoms with van der Waals surface area (Å²) >= 11 is 7.44. The number of pyridine rings is 1. The third-order valence-corrected chi connectivity index (χ3v) is 4.18. The maximum atomic E-state index is 6.21. The van der Waals surface area contributed by atoms with Crippen LogP contribution in [-0.4, -0.2) is 17.3 Å². The summed E-state index contributed by atoms with van der Waals surface area (Å²) in [7, 11) is 0. The van der Waals surface area contributed by atoms with Crippen molar-refractivity contribution in [1.29, 1.82) is 0 Å². The SMILES string of the molecule is CCCOc1ccc(C(N)CSc2ccc(Cl)cn2)cc1. The second kappa shape index (κ2) is 8.27. The van der Waals surface area contributed by atoms with Crippen LogP contribution in [0.5, 0.6) is 5.75 Å². The molecule has 0 fully saturated rings. The highest BCUT2D eigenvalue weighted by atomic mass is 35.5. The van der Waals surface area contributed by atoms with Gasteiger partial charge in [-0.15, -0.1) is 11.8 Å². The van der Waals surface area contributed by atoms with Crippen LogP contribution in [-0.2, 0) is 0 Å². The van der Waals surface area contributed by atoms with Crippen molar-refractivity contribution in [1.82, 2.24) is 4.98 Å². The minimum Gasteiger partial charge on any atom is -0.494 e. The summed E-state index contributed by atoms with van der Waals surface area (Å²) in [6, 6.07) is 11.7. The minimum atomic E-state index is -0.0345. The van der Waals surface area contributed by atoms with Gasteiger partial charge in [-0.2, -0.15) is 0 Å². The van der Waals surface area contributed by atoms with E-state index in [-0.39, 0.29) is 6.04 Å². The zero-order valence-corrected chi connectivity index (χ0v) is 13.5. The third kappa shape index (κ3) is 5.23. The van der Waals surface area contributed by atoms with E-state index < -0.39 is 0 Å². The average Bonchev–Trinajstić information content (AvgIpc) is 2.52. The lowest BCUT2D eigenvalue weighted by molar-refractivity contribution is 0.317. The topological polar surface area (TPSA) is 48.1 Å². The van der Waals surface area contributed by atoms with Gasteiger partial charge in [0, 0.05) is 18.0 Å². The van der Waals surface area contributed by atoms with E-state index in [0.717, 1.165) is 35.1 Å². The summed E-state index contributed by atoms with van der Waals surface area (Å²) < 4.78 is 5.56. The second-order valence-electron chi connectivity index (χ2n) is 4.65. The standard InChI is InChI=1S/C16H19ClN2OS/c1-2-9-20-14-6-3-12(4-7-14)15(18)11-21-16-8-5-13(17)10-19-16/h3-8,10,15H,2,9,11,18H2,1H3. The third-order valence-electron chi connectivity index (χ3n) is 2.89. The van der Waals surface area contributed by atoms with E-state index >= 15 is 0 Å². The van der Waals surface area contributed by atoms with Gasteiger partial charge in [0.2, 0.25) is 0 Å². The van der Waals surface area contributed by atoms with E-state index in [4.69, 9.17) is 22.1 Å². The van der Waals surface area contributed by atoms with Gasteiger partial charge in [-0.1, -0.05) is 30.7 Å². The number of benzene rings is 1. The van der Waals surface area contributed by atoms with Crippen LogP contribution >= 0.6 is 23.4 Å². The monoisotopic (exact) mass is 322 g/mol. The number of thioether (sulfide) groups is 1. The quantitative estimate of drug-likeness (QED) is 0.771. The first-order chi connectivity index (χ1) is 10.2. The molecule has 1 heterocycles. The molecule has 0 saturated carbocycles. The van der Waals surface area contributed by atoms with Crippen LogP contribution in [0, 0.1) is 0 Å². The first-order valence-corrected chi connectivity index (χ1v) is 8.28. The van der Waals surface area contributed by atoms with Gasteiger partial charge in [0.1, 0.15) is 5.75 Å². The molecule has 0 aliphatic heterocycles. The van der Waals surface area contributed by atoms with Crippen molar-refractivity contribution in [3.05, 3.63) is 53.2 Å². The van der Waals surface area contributed by atoms with Crippen LogP contribution in [0.25, 0.3) is 0 Å². The lowest BCUT2D eigenvalue weighted by atomic mass is 10.1. The van der Waals surface area contributed by atoms with E-state index in [2.05, 4.69) is 11.9 Å². The van der Waals surface area contributed by atoms with Gasteiger partial charge in [-0.3, -0.25) is 0 Å². The Morgan fingerprint density at radius 3 is 2.62 bits per heavy atom. The Morgan fingerprint density at radius 1 is 1.24 bits per heavy atom. The van der Waals surface area contributed by atoms with Crippen molar-refractivity contribution in [3.63, 3.8) is 0 Å². The molecule has 5 heteroatoms. The molecule has 2 rings (SSSR count). The molecule has 1 atom stereocenters. The molecule has 0 aliphatic rings. The Balaban J connectivity index is 1.87. The Bertz CT molecular complexity index is 545. The Morgan fingerprint density at radius 2 is 2.00 bits per heavy atom. The minimum absolute atomic E-state index is 0.0345. The number of nitrogens with zero attached hydrogens (tertiary/aromatic N) is 1. The first kappa shape index (κ1) is 16.1. The number of halogens is 1. The largest absolute Gasteiger partial charge is 0.494 e. The number of hydrogen-bond acceptors (Lipinski definition) is 4. The Kier molecular flexibility index (Phi) is 6.36. The van der Waals surface area contributed by atoms with Crippen LogP contribution in [0.2, 0.25) is 5.02 Å². The number of aromatic nitrogens is 1. The summed E-state index contributed by atoms with van der Waals surface area (Å²) in [6.07, 6.45) is 2.65. The highest BCUT2D eigenvalue weighted by molar-refractivity contribution is 7.99. The van der Waals surface area contributed by atoms with Crippen LogP contribution in [0.4, 0.5) is 0 Å². The van der Waals surface area contributed by atoms with E-state index in [1.54, 1.807) is 18.0 Å². The van der Waals surface area contributed by atoms with Gasteiger partial charge in [0.05, 0.1) is 16.7 Å². The van der Waals surface area contributed by atoms with Gasteiger partial charge in [0.25, 0.3) is 0 Å². The van der Waals surface area contributed by atoms with E-state index in [1.165, 1.54) is 0 Å². The zero-order valence-electron chi connectivity index (χ0n) is 12.0. The summed E-state index contributed by atoms with van der Waals surface area (Å²) in [5.74, 6) is 1.66. The van der Waals surface area contributed by atoms with Crippen LogP contribution in [0.1, 0.15) is 24.9 Å². The smallest absolute Gasteiger partial charge is 0.119 e. The van der Waals surface area contributed by atoms with E-state index in [9.17, 15) is 0 Å². The highest BCUT2D eigenvalue weighted by Crippen LogP contribution is 2.24. The van der Waals surface area contributed by atoms with Gasteiger partial charge >= 0.3 is 0 Å². The predicted octanol–water partition coefficient (Wildman–Crippen LogP) is 4.32. The first-order valence-electron chi connectivity index (χ1n) is 6.91. The molecule has 0 amide bonds. The summed E-state index contributed by atoms with van der Waals surface area (Å²) in [5, 5.41) is 1.57. The predicted molar refractivity (Wildman–Crippen MR) is 89.1 cm³/mol. The average molecular weight is 323 g/mol. The maximum absolute atomic E-state index is 6.21. The zero-order chi connectivity index (χ0) is 15.1. The van der Waals surface area contributed by atoms with Crippen LogP contribution in [0.3, 0.4) is 0 Å². The van der Waals surface area contributed by atoms with Gasteiger partial charge in [-0.25, -0.2) is 4.98 Å². The number of ether oxygens (including phenoxy) is 1. The molecular formula is C16H19ClN2OS. The van der Waals surface area contributed by atoms with Crippen molar-refractivity contribution < 1.29 is 4.74 Å². The van der Waals surface area contributed by atoms with Gasteiger partial charge < -0.3 is 10.5 Å². The molecule has 0 saturated heterocycles. The highest BCUT2D eigenvalue weighted by Gasteiger charge is 2.07. The molecule has 1 unspecified atom stereocenters. The van der Waals surface area contributed by atoms with E-state index in [0.29, 0.717) is 5.02 Å². The Labute approximate surface area is 134 Å². The van der Waals surface area contributed by atoms with E-state index in [1.807, 2.05) is 36.4 Å². The molecule has 21 heavy (non-hydrogen) atoms. The lowest BCUT2D eigenvalue weighted by Gasteiger charge is -2.12. The molecule has 0 aliphatic carbocycles. The number of nitrogens with two attached hydrogens (primary N) is 1. The molecule has 1 aromatic heterocycles. The molecule has 0 bridgehead atoms. The van der Waals surface area contributed by atoms with Crippen molar-refractivity contribution in [2.24, 2.45) is 5.73 Å². The van der Waals surface area contributed by atoms with Crippen molar-refractivity contribution >= 4 is 23.4 Å². The fourth-order valence-electron chi connectivity index (χ4n) is 1.75. The molecule has 0 spiro atoms. The van der Waals surface area contributed by atoms with Crippen LogP contribution < -0.4 is 10.5 Å². The number of rotatable bonds is 7. The second-order valence-corrected chi connectivity index (χ2v) is 6.13. The van der Waals surface area contributed by atoms with Crippen molar-refractivity contribution in [3.8, 4) is 5.75 Å². The fourth-order valence-corrected chi connectivity index (χ4v) is 2.70. The molecule has 2 aromatic rings. The molecule has 3 nitrogen and oxygen atoms in total. The molecule has 2 N–H and O–H groups in total. The molecular weight excluding hydrogens is 304 g/mol. The molecule has 112 valence electrons.